The molecule has 3 aromatic rings. The topological polar surface area (TPSA) is 110 Å². The smallest absolute Gasteiger partial charge is 0.320 e. The molecule has 1 aliphatic heterocycles. The zero-order valence-corrected chi connectivity index (χ0v) is 40.8. The second kappa shape index (κ2) is 26.3. The van der Waals surface area contributed by atoms with Crippen LogP contribution < -0.4 is 15.2 Å². The van der Waals surface area contributed by atoms with Crippen LogP contribution >= 0.6 is 0 Å². The van der Waals surface area contributed by atoms with Gasteiger partial charge in [0.05, 0.1) is 20.3 Å². The number of nitrogen functional groups attached to an aromatic ring is 1. The molecule has 0 amide bonds. The molecule has 1 atom stereocenters. The number of benzene rings is 1. The molecule has 2 aromatic heterocycles. The molecular formula is C53H80N6O4. The number of hydrogen-bond donors (Lipinski definition) is 1. The fourth-order valence-corrected chi connectivity index (χ4v) is 7.70. The number of fused-ring (bicyclic) bond motifs is 1. The van der Waals surface area contributed by atoms with E-state index in [0.717, 1.165) is 82.9 Å². The first-order valence-corrected chi connectivity index (χ1v) is 23.3. The van der Waals surface area contributed by atoms with Crippen LogP contribution in [-0.2, 0) is 22.6 Å². The molecular weight excluding hydrogens is 785 g/mol. The Kier molecular flexibility index (Phi) is 21.4. The molecule has 1 fully saturated rings. The van der Waals surface area contributed by atoms with E-state index in [-0.39, 0.29) is 24.5 Å². The van der Waals surface area contributed by atoms with Crippen molar-refractivity contribution in [2.24, 2.45) is 0 Å². The molecule has 0 bridgehead atoms. The molecule has 4 rings (SSSR count). The van der Waals surface area contributed by atoms with Crippen LogP contribution in [0.4, 0.5) is 5.82 Å². The molecule has 0 radical (unpaired) electrons. The van der Waals surface area contributed by atoms with Gasteiger partial charge in [-0.15, -0.1) is 0 Å². The average Bonchev–Trinajstić information content (AvgIpc) is 3.77. The maximum Gasteiger partial charge on any atom is 0.320 e. The molecule has 346 valence electrons. The molecule has 10 heteroatoms. The van der Waals surface area contributed by atoms with Crippen molar-refractivity contribution in [1.29, 1.82) is 0 Å². The van der Waals surface area contributed by atoms with Crippen molar-refractivity contribution >= 4 is 17.0 Å². The molecule has 1 aliphatic rings. The van der Waals surface area contributed by atoms with Crippen LogP contribution in [0.5, 0.6) is 12.0 Å². The number of rotatable bonds is 27. The third-order valence-corrected chi connectivity index (χ3v) is 11.5. The van der Waals surface area contributed by atoms with E-state index in [0.29, 0.717) is 30.3 Å². The molecule has 0 saturated carbocycles. The number of ether oxygens (including phenoxy) is 4. The zero-order chi connectivity index (χ0) is 45.8. The Morgan fingerprint density at radius 1 is 0.746 bits per heavy atom. The first-order valence-electron chi connectivity index (χ1n) is 23.3. The minimum atomic E-state index is -0.636. The van der Waals surface area contributed by atoms with Gasteiger partial charge >= 0.3 is 6.01 Å². The quantitative estimate of drug-likeness (QED) is 0.0591. The van der Waals surface area contributed by atoms with Crippen LogP contribution in [-0.4, -0.2) is 70.2 Å². The normalized spacial score (nSPS) is 16.4. The Morgan fingerprint density at radius 2 is 1.27 bits per heavy atom. The zero-order valence-electron chi connectivity index (χ0n) is 40.8. The van der Waals surface area contributed by atoms with E-state index in [2.05, 4.69) is 136 Å². The number of hydrogen-bond acceptors (Lipinski definition) is 9. The molecule has 1 unspecified atom stereocenters. The largest absolute Gasteiger partial charge is 0.468 e. The van der Waals surface area contributed by atoms with Gasteiger partial charge in [-0.1, -0.05) is 94.2 Å². The van der Waals surface area contributed by atoms with E-state index in [1.54, 1.807) is 7.11 Å². The Labute approximate surface area is 380 Å². The SMILES string of the molecule is COc1nc2c(N)nc(OCC3COC(C)(C)O3)nc2n1Cc1ccc(CN(C)CCC/C(C)=C/CC/C(C)=C/CC/C(C)=C/CC/C=C(\C)CC/C=C(\C)CCC=C(C)C)cc1. The summed E-state index contributed by atoms with van der Waals surface area (Å²) < 4.78 is 24.9. The van der Waals surface area contributed by atoms with E-state index >= 15 is 0 Å². The summed E-state index contributed by atoms with van der Waals surface area (Å²) in [5.74, 6) is -0.407. The monoisotopic (exact) mass is 865 g/mol. The van der Waals surface area contributed by atoms with Crippen LogP contribution in [0.2, 0.25) is 0 Å². The fourth-order valence-electron chi connectivity index (χ4n) is 7.70. The van der Waals surface area contributed by atoms with Crippen molar-refractivity contribution in [2.75, 3.05) is 39.6 Å². The summed E-state index contributed by atoms with van der Waals surface area (Å²) in [6.45, 7) is 22.6. The third kappa shape index (κ3) is 19.0. The van der Waals surface area contributed by atoms with Crippen molar-refractivity contribution in [1.82, 2.24) is 24.4 Å². The van der Waals surface area contributed by atoms with Gasteiger partial charge < -0.3 is 29.6 Å². The Hall–Kier alpha value is -4.51. The highest BCUT2D eigenvalue weighted by Crippen LogP contribution is 2.28. The van der Waals surface area contributed by atoms with E-state index in [4.69, 9.17) is 24.7 Å². The fraction of sp³-hybridized carbons (Fsp3) is 0.566. The molecule has 0 spiro atoms. The van der Waals surface area contributed by atoms with E-state index in [9.17, 15) is 0 Å². The predicted molar refractivity (Wildman–Crippen MR) is 262 cm³/mol. The highest BCUT2D eigenvalue weighted by Gasteiger charge is 2.33. The van der Waals surface area contributed by atoms with Gasteiger partial charge in [0.25, 0.3) is 6.01 Å². The molecule has 2 N–H and O–H groups in total. The van der Waals surface area contributed by atoms with Crippen molar-refractivity contribution in [2.45, 2.75) is 164 Å². The summed E-state index contributed by atoms with van der Waals surface area (Å²) in [5, 5.41) is 0. The lowest BCUT2D eigenvalue weighted by molar-refractivity contribution is -0.141. The van der Waals surface area contributed by atoms with Gasteiger partial charge in [0.1, 0.15) is 12.7 Å². The minimum absolute atomic E-state index is 0.161. The van der Waals surface area contributed by atoms with Gasteiger partial charge in [0.2, 0.25) is 0 Å². The maximum atomic E-state index is 6.29. The van der Waals surface area contributed by atoms with Gasteiger partial charge in [-0.25, -0.2) is 0 Å². The molecule has 3 heterocycles. The standard InChI is InChI=1S/C53H80N6O4/c1-39(2)19-14-22-42(5)25-15-23-40(3)20-12-13-21-41(4)24-16-26-43(6)27-17-28-44(7)29-18-34-58(10)35-45-30-32-46(33-31-45)36-59-50-48(55-52(59)60-11)49(54)56-51(57-50)61-37-47-38-62-53(8,9)63-47/h19-21,25-26,28,30-33,47H,12-18,22-24,27,29,34-38H2,1-11H3,(H2,54,56,57)/b40-20+,41-21+,42-25+,43-26+,44-28+. The lowest BCUT2D eigenvalue weighted by Crippen LogP contribution is -2.25. The molecule has 1 aromatic carbocycles. The summed E-state index contributed by atoms with van der Waals surface area (Å²) in [6, 6.07) is 9.24. The summed E-state index contributed by atoms with van der Waals surface area (Å²) in [5.41, 5.74) is 18.6. The molecule has 10 nitrogen and oxygen atoms in total. The van der Waals surface area contributed by atoms with Crippen molar-refractivity contribution < 1.29 is 18.9 Å². The molecule has 1 saturated heterocycles. The van der Waals surface area contributed by atoms with Crippen LogP contribution in [0.15, 0.2) is 94.2 Å². The highest BCUT2D eigenvalue weighted by atomic mass is 16.7. The van der Waals surface area contributed by atoms with Gasteiger partial charge in [0.15, 0.2) is 22.8 Å². The number of imidazole rings is 1. The number of allylic oxidation sites excluding steroid dienone is 12. The number of anilines is 1. The second-order valence-corrected chi connectivity index (χ2v) is 18.4. The Morgan fingerprint density at radius 3 is 1.79 bits per heavy atom. The van der Waals surface area contributed by atoms with Gasteiger partial charge in [-0.3, -0.25) is 4.57 Å². The maximum absolute atomic E-state index is 6.29. The summed E-state index contributed by atoms with van der Waals surface area (Å²) in [6.07, 6.45) is 28.0. The van der Waals surface area contributed by atoms with Gasteiger partial charge in [-0.2, -0.15) is 15.0 Å². The first kappa shape index (κ1) is 51.1. The molecule has 0 aliphatic carbocycles. The number of nitrogens with two attached hydrogens (primary N) is 1. The van der Waals surface area contributed by atoms with E-state index in [1.807, 2.05) is 18.4 Å². The lowest BCUT2D eigenvalue weighted by Gasteiger charge is -2.17. The average molecular weight is 865 g/mol. The summed E-state index contributed by atoms with van der Waals surface area (Å²) >= 11 is 0. The van der Waals surface area contributed by atoms with Gasteiger partial charge in [-0.05, 0) is 164 Å². The minimum Gasteiger partial charge on any atom is -0.468 e. The van der Waals surface area contributed by atoms with E-state index < -0.39 is 5.79 Å². The third-order valence-electron chi connectivity index (χ3n) is 11.5. The van der Waals surface area contributed by atoms with Gasteiger partial charge in [0, 0.05) is 6.54 Å². The van der Waals surface area contributed by atoms with Crippen LogP contribution in [0.25, 0.3) is 11.2 Å². The highest BCUT2D eigenvalue weighted by molar-refractivity contribution is 5.83. The Balaban J connectivity index is 1.11. The number of methoxy groups -OCH3 is 1. The van der Waals surface area contributed by atoms with Crippen molar-refractivity contribution in [3.63, 3.8) is 0 Å². The predicted octanol–water partition coefficient (Wildman–Crippen LogP) is 12.8. The van der Waals surface area contributed by atoms with Crippen LogP contribution in [0, 0.1) is 0 Å². The number of unbranched alkanes of at least 4 members (excludes halogenated alkanes) is 1. The van der Waals surface area contributed by atoms with Crippen molar-refractivity contribution in [3.8, 4) is 12.0 Å². The lowest BCUT2D eigenvalue weighted by atomic mass is 10.0. The Bertz CT molecular complexity index is 2070. The number of aromatic nitrogens is 4. The number of nitrogens with zero attached hydrogens (tertiary/aromatic N) is 5. The van der Waals surface area contributed by atoms with E-state index in [1.165, 1.54) is 51.8 Å². The summed E-state index contributed by atoms with van der Waals surface area (Å²) in [7, 11) is 3.79. The van der Waals surface area contributed by atoms with Crippen LogP contribution in [0.1, 0.15) is 150 Å². The summed E-state index contributed by atoms with van der Waals surface area (Å²) in [4.78, 5) is 15.9. The molecule has 63 heavy (non-hydrogen) atoms. The second-order valence-electron chi connectivity index (χ2n) is 18.4. The van der Waals surface area contributed by atoms with Crippen LogP contribution in [0.3, 0.4) is 0 Å². The van der Waals surface area contributed by atoms with Crippen molar-refractivity contribution in [3.05, 3.63) is 105 Å². The first-order chi connectivity index (χ1) is 30.1.